The zero-order valence-corrected chi connectivity index (χ0v) is 30.9. The number of fused-ring (bicyclic) bond motifs is 10. The zero-order chi connectivity index (χ0) is 36.7. The molecule has 262 valence electrons. The fraction of sp³-hybridized carbons (Fsp3) is 0. The molecule has 56 heavy (non-hydrogen) atoms. The number of thiophene rings is 1. The molecular formula is C52H31NO2S. The fourth-order valence-corrected chi connectivity index (χ4v) is 9.86. The molecule has 0 aliphatic heterocycles. The van der Waals surface area contributed by atoms with Crippen molar-refractivity contribution in [2.45, 2.75) is 0 Å². The Hall–Kier alpha value is -7.14. The molecule has 0 aliphatic carbocycles. The molecular weight excluding hydrogens is 703 g/mol. The molecule has 4 heteroatoms. The van der Waals surface area contributed by atoms with E-state index in [-0.39, 0.29) is 0 Å². The van der Waals surface area contributed by atoms with E-state index in [2.05, 4.69) is 187 Å². The van der Waals surface area contributed by atoms with Crippen molar-refractivity contribution < 1.29 is 8.83 Å². The molecule has 0 unspecified atom stereocenters. The Morgan fingerprint density at radius 1 is 0.375 bits per heavy atom. The lowest BCUT2D eigenvalue weighted by Crippen LogP contribution is -2.11. The maximum Gasteiger partial charge on any atom is 0.159 e. The summed E-state index contributed by atoms with van der Waals surface area (Å²) in [5, 5.41) is 9.39. The molecule has 0 amide bonds. The standard InChI is InChI=1S/C52H31NO2S/c1-2-12-34-31-49-44(29-33(34)11-1)43-30-35(25-28-48(43)54-49)37-13-3-6-19-45(37)53(46-20-10-17-41-39-14-4-7-21-47(39)55-51(41)46)36-26-23-32(24-27-36)38-16-9-18-42-40-15-5-8-22-50(40)56-52(38)42/h1-31H. The largest absolute Gasteiger partial charge is 0.456 e. The topological polar surface area (TPSA) is 29.5 Å². The van der Waals surface area contributed by atoms with E-state index in [1.54, 1.807) is 0 Å². The number of nitrogens with zero attached hydrogens (tertiary/aromatic N) is 1. The number of para-hydroxylation sites is 3. The van der Waals surface area contributed by atoms with Gasteiger partial charge in [0.25, 0.3) is 0 Å². The summed E-state index contributed by atoms with van der Waals surface area (Å²) in [6.45, 7) is 0. The van der Waals surface area contributed by atoms with Crippen LogP contribution >= 0.6 is 11.3 Å². The van der Waals surface area contributed by atoms with Crippen LogP contribution in [0.5, 0.6) is 0 Å². The van der Waals surface area contributed by atoms with Crippen LogP contribution in [0.1, 0.15) is 0 Å². The predicted molar refractivity (Wildman–Crippen MR) is 237 cm³/mol. The summed E-state index contributed by atoms with van der Waals surface area (Å²) >= 11 is 1.86. The van der Waals surface area contributed by atoms with Gasteiger partial charge in [-0.05, 0) is 88.1 Å². The number of hydrogen-bond acceptors (Lipinski definition) is 4. The number of anilines is 3. The zero-order valence-electron chi connectivity index (χ0n) is 30.1. The highest BCUT2D eigenvalue weighted by Crippen LogP contribution is 2.47. The minimum Gasteiger partial charge on any atom is -0.456 e. The van der Waals surface area contributed by atoms with Crippen LogP contribution in [-0.4, -0.2) is 0 Å². The van der Waals surface area contributed by atoms with Crippen LogP contribution in [0, 0.1) is 0 Å². The summed E-state index contributed by atoms with van der Waals surface area (Å²) in [5.74, 6) is 0. The van der Waals surface area contributed by atoms with Crippen molar-refractivity contribution in [3.05, 3.63) is 188 Å². The second-order valence-corrected chi connectivity index (χ2v) is 15.5. The number of furan rings is 2. The van der Waals surface area contributed by atoms with Crippen LogP contribution in [0.25, 0.3) is 97.1 Å². The Morgan fingerprint density at radius 3 is 1.93 bits per heavy atom. The van der Waals surface area contributed by atoms with Crippen LogP contribution in [0.4, 0.5) is 17.1 Å². The third-order valence-electron chi connectivity index (χ3n) is 11.3. The van der Waals surface area contributed by atoms with Crippen LogP contribution in [0.3, 0.4) is 0 Å². The number of rotatable bonds is 5. The SMILES string of the molecule is c1ccc(N(c2ccc(-c3cccc4c3sc3ccccc34)cc2)c2cccc3c2oc2ccccc23)c(-c2ccc3oc4cc5ccccc5cc4c3c2)c1. The van der Waals surface area contributed by atoms with Gasteiger partial charge in [-0.2, -0.15) is 0 Å². The monoisotopic (exact) mass is 733 g/mol. The molecule has 0 aliphatic rings. The van der Waals surface area contributed by atoms with Crippen molar-refractivity contribution in [1.82, 2.24) is 0 Å². The molecule has 3 nitrogen and oxygen atoms in total. The van der Waals surface area contributed by atoms with Crippen molar-refractivity contribution in [2.75, 3.05) is 4.90 Å². The molecule has 0 radical (unpaired) electrons. The molecule has 0 spiro atoms. The first-order chi connectivity index (χ1) is 27.7. The molecule has 3 aromatic heterocycles. The van der Waals surface area contributed by atoms with E-state index < -0.39 is 0 Å². The molecule has 0 atom stereocenters. The lowest BCUT2D eigenvalue weighted by atomic mass is 9.98. The summed E-state index contributed by atoms with van der Waals surface area (Å²) in [6.07, 6.45) is 0. The van der Waals surface area contributed by atoms with E-state index >= 15 is 0 Å². The van der Waals surface area contributed by atoms with Crippen molar-refractivity contribution in [1.29, 1.82) is 0 Å². The van der Waals surface area contributed by atoms with Gasteiger partial charge in [-0.25, -0.2) is 0 Å². The van der Waals surface area contributed by atoms with Gasteiger partial charge in [0, 0.05) is 53.0 Å². The highest BCUT2D eigenvalue weighted by atomic mass is 32.1. The van der Waals surface area contributed by atoms with Crippen molar-refractivity contribution in [3.63, 3.8) is 0 Å². The quantitative estimate of drug-likeness (QED) is 0.176. The van der Waals surface area contributed by atoms with Crippen LogP contribution in [0.2, 0.25) is 0 Å². The van der Waals surface area contributed by atoms with E-state index in [9.17, 15) is 0 Å². The number of hydrogen-bond donors (Lipinski definition) is 0. The van der Waals surface area contributed by atoms with Gasteiger partial charge in [-0.1, -0.05) is 127 Å². The first kappa shape index (κ1) is 31.2. The maximum absolute atomic E-state index is 6.70. The average Bonchev–Trinajstić information content (AvgIpc) is 3.95. The Morgan fingerprint density at radius 2 is 1.02 bits per heavy atom. The summed E-state index contributed by atoms with van der Waals surface area (Å²) in [7, 11) is 0. The lowest BCUT2D eigenvalue weighted by Gasteiger charge is -2.28. The highest BCUT2D eigenvalue weighted by Gasteiger charge is 2.23. The van der Waals surface area contributed by atoms with Crippen molar-refractivity contribution in [2.24, 2.45) is 0 Å². The third kappa shape index (κ3) is 4.76. The maximum atomic E-state index is 6.70. The molecule has 0 N–H and O–H groups in total. The van der Waals surface area contributed by atoms with Crippen LogP contribution < -0.4 is 4.90 Å². The Balaban J connectivity index is 1.06. The van der Waals surface area contributed by atoms with Gasteiger partial charge in [0.15, 0.2) is 5.58 Å². The second kappa shape index (κ2) is 12.2. The average molecular weight is 734 g/mol. The summed E-state index contributed by atoms with van der Waals surface area (Å²) < 4.78 is 15.7. The van der Waals surface area contributed by atoms with Crippen LogP contribution in [0.15, 0.2) is 197 Å². The first-order valence-corrected chi connectivity index (χ1v) is 19.7. The Kier molecular flexibility index (Phi) is 6.80. The number of benzene rings is 9. The van der Waals surface area contributed by atoms with Gasteiger partial charge in [-0.3, -0.25) is 0 Å². The molecule has 3 heterocycles. The van der Waals surface area contributed by atoms with Gasteiger partial charge >= 0.3 is 0 Å². The molecule has 0 saturated carbocycles. The minimum atomic E-state index is 0.853. The van der Waals surface area contributed by atoms with E-state index in [4.69, 9.17) is 8.83 Å². The normalized spacial score (nSPS) is 11.9. The molecule has 12 rings (SSSR count). The molecule has 0 fully saturated rings. The van der Waals surface area contributed by atoms with E-state index in [0.717, 1.165) is 72.1 Å². The van der Waals surface area contributed by atoms with E-state index in [1.807, 2.05) is 17.4 Å². The summed E-state index contributed by atoms with van der Waals surface area (Å²) in [5.41, 5.74) is 11.2. The lowest BCUT2D eigenvalue weighted by molar-refractivity contribution is 0.669. The molecule has 0 bridgehead atoms. The van der Waals surface area contributed by atoms with Gasteiger partial charge < -0.3 is 13.7 Å². The van der Waals surface area contributed by atoms with E-state index in [1.165, 1.54) is 42.1 Å². The predicted octanol–water partition coefficient (Wildman–Crippen LogP) is 15.8. The highest BCUT2D eigenvalue weighted by molar-refractivity contribution is 7.26. The van der Waals surface area contributed by atoms with E-state index in [0.29, 0.717) is 0 Å². The second-order valence-electron chi connectivity index (χ2n) is 14.4. The summed E-state index contributed by atoms with van der Waals surface area (Å²) in [4.78, 5) is 2.36. The van der Waals surface area contributed by atoms with Gasteiger partial charge in [0.1, 0.15) is 16.7 Å². The van der Waals surface area contributed by atoms with Gasteiger partial charge in [0.05, 0.1) is 11.4 Å². The molecule has 9 aromatic carbocycles. The van der Waals surface area contributed by atoms with Gasteiger partial charge in [0.2, 0.25) is 0 Å². The minimum absolute atomic E-state index is 0.853. The van der Waals surface area contributed by atoms with Crippen molar-refractivity contribution in [3.8, 4) is 22.3 Å². The first-order valence-electron chi connectivity index (χ1n) is 18.9. The molecule has 0 saturated heterocycles. The van der Waals surface area contributed by atoms with Crippen molar-refractivity contribution >= 4 is 103 Å². The Labute approximate surface area is 325 Å². The van der Waals surface area contributed by atoms with Gasteiger partial charge in [-0.15, -0.1) is 11.3 Å². The molecule has 12 aromatic rings. The van der Waals surface area contributed by atoms with Crippen LogP contribution in [-0.2, 0) is 0 Å². The smallest absolute Gasteiger partial charge is 0.159 e. The fourth-order valence-electron chi connectivity index (χ4n) is 8.62. The third-order valence-corrected chi connectivity index (χ3v) is 12.5. The summed E-state index contributed by atoms with van der Waals surface area (Å²) in [6, 6.07) is 67.3. The Bertz CT molecular complexity index is 3500.